The molecule has 0 saturated carbocycles. The van der Waals surface area contributed by atoms with Gasteiger partial charge < -0.3 is 10.2 Å². The van der Waals surface area contributed by atoms with Crippen LogP contribution >= 0.6 is 23.2 Å². The van der Waals surface area contributed by atoms with Gasteiger partial charge in [0.15, 0.2) is 0 Å². The molecule has 0 aromatic heterocycles. The van der Waals surface area contributed by atoms with E-state index in [1.54, 1.807) is 43.3 Å². The molecule has 0 aliphatic carbocycles. The summed E-state index contributed by atoms with van der Waals surface area (Å²) in [4.78, 5) is 38.4. The van der Waals surface area contributed by atoms with Gasteiger partial charge in [0.25, 0.3) is 15.7 Å². The monoisotopic (exact) mass is 606 g/mol. The van der Waals surface area contributed by atoms with E-state index in [9.17, 15) is 28.1 Å². The largest absolute Gasteiger partial charge is 0.354 e. The number of amides is 2. The van der Waals surface area contributed by atoms with Crippen molar-refractivity contribution in [1.29, 1.82) is 0 Å². The Morgan fingerprint density at radius 3 is 2.23 bits per heavy atom. The zero-order valence-electron chi connectivity index (χ0n) is 21.8. The van der Waals surface area contributed by atoms with E-state index in [2.05, 4.69) is 5.32 Å². The molecular weight excluding hydrogens is 579 g/mol. The van der Waals surface area contributed by atoms with Crippen molar-refractivity contribution in [2.45, 2.75) is 37.8 Å². The number of sulfonamides is 1. The van der Waals surface area contributed by atoms with Crippen LogP contribution in [0.5, 0.6) is 0 Å². The molecule has 1 atom stereocenters. The number of carbonyl (C=O) groups excluding carboxylic acids is 2. The first kappa shape index (κ1) is 30.9. The highest BCUT2D eigenvalue weighted by molar-refractivity contribution is 7.92. The Morgan fingerprint density at radius 1 is 1.00 bits per heavy atom. The normalized spacial score (nSPS) is 11.9. The highest BCUT2D eigenvalue weighted by Gasteiger charge is 2.32. The van der Waals surface area contributed by atoms with Crippen molar-refractivity contribution in [3.63, 3.8) is 0 Å². The molecule has 0 unspecified atom stereocenters. The summed E-state index contributed by atoms with van der Waals surface area (Å²) in [5.74, 6) is -1.09. The summed E-state index contributed by atoms with van der Waals surface area (Å²) in [7, 11) is -4.28. The maximum absolute atomic E-state index is 13.8. The van der Waals surface area contributed by atoms with Gasteiger partial charge in [0, 0.05) is 25.2 Å². The third-order valence-electron chi connectivity index (χ3n) is 6.01. The second-order valence-electron chi connectivity index (χ2n) is 8.84. The molecule has 3 aromatic rings. The second-order valence-corrected chi connectivity index (χ2v) is 11.5. The van der Waals surface area contributed by atoms with Crippen molar-refractivity contribution in [3.8, 4) is 0 Å². The maximum Gasteiger partial charge on any atom is 0.269 e. The molecule has 3 aromatic carbocycles. The predicted molar refractivity (Wildman–Crippen MR) is 154 cm³/mol. The Bertz CT molecular complexity index is 1470. The van der Waals surface area contributed by atoms with Gasteiger partial charge >= 0.3 is 0 Å². The van der Waals surface area contributed by atoms with Gasteiger partial charge in [0.1, 0.15) is 12.6 Å². The molecule has 40 heavy (non-hydrogen) atoms. The topological polar surface area (TPSA) is 130 Å². The quantitative estimate of drug-likeness (QED) is 0.227. The molecule has 0 bridgehead atoms. The highest BCUT2D eigenvalue weighted by Crippen LogP contribution is 2.27. The standard InChI is InChI=1S/C27H28Cl2N4O6S/c1-3-15-30-27(35)19(2)31(17-20-9-14-24(28)25(29)16-20)26(34)18-32(21-10-12-22(13-11-21)33(36)37)40(38,39)23-7-5-4-6-8-23/h4-14,16,19H,3,15,17-18H2,1-2H3,(H,30,35)/t19-/m1/s1. The number of rotatable bonds is 12. The minimum Gasteiger partial charge on any atom is -0.354 e. The summed E-state index contributed by atoms with van der Waals surface area (Å²) < 4.78 is 28.3. The highest BCUT2D eigenvalue weighted by atomic mass is 35.5. The summed E-state index contributed by atoms with van der Waals surface area (Å²) in [6.07, 6.45) is 0.683. The van der Waals surface area contributed by atoms with Crippen LogP contribution < -0.4 is 9.62 Å². The molecule has 0 aliphatic rings. The van der Waals surface area contributed by atoms with Crippen LogP contribution in [0.3, 0.4) is 0 Å². The van der Waals surface area contributed by atoms with E-state index in [0.717, 1.165) is 16.4 Å². The van der Waals surface area contributed by atoms with Crippen LogP contribution in [0.25, 0.3) is 0 Å². The first-order valence-corrected chi connectivity index (χ1v) is 14.5. The number of halogens is 2. The molecule has 0 radical (unpaired) electrons. The SMILES string of the molecule is CCCNC(=O)[C@@H](C)N(Cc1ccc(Cl)c(Cl)c1)C(=O)CN(c1ccc([N+](=O)[O-])cc1)S(=O)(=O)c1ccccc1. The van der Waals surface area contributed by atoms with Crippen molar-refractivity contribution >= 4 is 56.4 Å². The van der Waals surface area contributed by atoms with Gasteiger partial charge in [0.2, 0.25) is 11.8 Å². The number of nitrogens with one attached hydrogen (secondary N) is 1. The van der Waals surface area contributed by atoms with E-state index in [1.165, 1.54) is 29.2 Å². The number of nitro groups is 1. The van der Waals surface area contributed by atoms with Gasteiger partial charge in [-0.1, -0.05) is 54.4 Å². The summed E-state index contributed by atoms with van der Waals surface area (Å²) in [6, 6.07) is 16.1. The maximum atomic E-state index is 13.8. The Kier molecular flexibility index (Phi) is 10.5. The lowest BCUT2D eigenvalue weighted by Gasteiger charge is -2.32. The molecule has 3 rings (SSSR count). The van der Waals surface area contributed by atoms with Crippen molar-refractivity contribution in [2.24, 2.45) is 0 Å². The van der Waals surface area contributed by atoms with Gasteiger partial charge in [-0.25, -0.2) is 8.42 Å². The summed E-state index contributed by atoms with van der Waals surface area (Å²) >= 11 is 12.2. The lowest BCUT2D eigenvalue weighted by atomic mass is 10.1. The smallest absolute Gasteiger partial charge is 0.269 e. The van der Waals surface area contributed by atoms with E-state index < -0.39 is 39.3 Å². The summed E-state index contributed by atoms with van der Waals surface area (Å²) in [5.41, 5.74) is 0.376. The minimum atomic E-state index is -4.28. The Balaban J connectivity index is 2.04. The van der Waals surface area contributed by atoms with Crippen molar-refractivity contribution in [2.75, 3.05) is 17.4 Å². The van der Waals surface area contributed by atoms with Gasteiger partial charge in [0.05, 0.1) is 25.6 Å². The predicted octanol–water partition coefficient (Wildman–Crippen LogP) is 5.04. The van der Waals surface area contributed by atoms with E-state index in [-0.39, 0.29) is 27.8 Å². The number of nitro benzene ring substituents is 1. The number of carbonyl (C=O) groups is 2. The molecule has 0 fully saturated rings. The number of nitrogens with zero attached hydrogens (tertiary/aromatic N) is 3. The lowest BCUT2D eigenvalue weighted by Crippen LogP contribution is -2.51. The van der Waals surface area contributed by atoms with Crippen molar-refractivity contribution < 1.29 is 22.9 Å². The Morgan fingerprint density at radius 2 is 1.65 bits per heavy atom. The third-order valence-corrected chi connectivity index (χ3v) is 8.54. The van der Waals surface area contributed by atoms with Crippen LogP contribution in [0, 0.1) is 10.1 Å². The first-order valence-electron chi connectivity index (χ1n) is 12.3. The van der Waals surface area contributed by atoms with Crippen LogP contribution in [0.15, 0.2) is 77.7 Å². The van der Waals surface area contributed by atoms with E-state index >= 15 is 0 Å². The number of anilines is 1. The molecule has 2 amide bonds. The summed E-state index contributed by atoms with van der Waals surface area (Å²) in [6.45, 7) is 3.09. The van der Waals surface area contributed by atoms with Crippen LogP contribution in [0.4, 0.5) is 11.4 Å². The first-order chi connectivity index (χ1) is 18.9. The van der Waals surface area contributed by atoms with Crippen molar-refractivity contribution in [3.05, 3.63) is 98.5 Å². The van der Waals surface area contributed by atoms with Gasteiger partial charge in [-0.15, -0.1) is 0 Å². The lowest BCUT2D eigenvalue weighted by molar-refractivity contribution is -0.384. The Hall–Kier alpha value is -3.67. The van der Waals surface area contributed by atoms with Crippen LogP contribution in [-0.4, -0.2) is 49.2 Å². The molecule has 0 saturated heterocycles. The number of hydrogen-bond acceptors (Lipinski definition) is 6. The molecule has 13 heteroatoms. The number of benzene rings is 3. The minimum absolute atomic E-state index is 0.0420. The zero-order chi connectivity index (χ0) is 29.4. The van der Waals surface area contributed by atoms with E-state index in [0.29, 0.717) is 23.6 Å². The Labute approximate surface area is 242 Å². The molecule has 0 heterocycles. The second kappa shape index (κ2) is 13.6. The van der Waals surface area contributed by atoms with E-state index in [4.69, 9.17) is 23.2 Å². The molecule has 0 aliphatic heterocycles. The zero-order valence-corrected chi connectivity index (χ0v) is 24.1. The van der Waals surface area contributed by atoms with Crippen LogP contribution in [0.1, 0.15) is 25.8 Å². The fourth-order valence-corrected chi connectivity index (χ4v) is 5.56. The molecular formula is C27H28Cl2N4O6S. The molecule has 212 valence electrons. The average molecular weight is 608 g/mol. The van der Waals surface area contributed by atoms with Crippen LogP contribution in [0.2, 0.25) is 10.0 Å². The van der Waals surface area contributed by atoms with Gasteiger partial charge in [-0.3, -0.25) is 24.0 Å². The number of hydrogen-bond donors (Lipinski definition) is 1. The summed E-state index contributed by atoms with van der Waals surface area (Å²) in [5, 5.41) is 14.5. The number of non-ortho nitro benzene ring substituents is 1. The van der Waals surface area contributed by atoms with E-state index in [1.807, 2.05) is 6.92 Å². The fourth-order valence-electron chi connectivity index (χ4n) is 3.80. The molecule has 0 spiro atoms. The van der Waals surface area contributed by atoms with Crippen LogP contribution in [-0.2, 0) is 26.2 Å². The fraction of sp³-hybridized carbons (Fsp3) is 0.259. The third kappa shape index (κ3) is 7.50. The molecule has 10 nitrogen and oxygen atoms in total. The molecule has 1 N–H and O–H groups in total. The van der Waals surface area contributed by atoms with Gasteiger partial charge in [-0.05, 0) is 55.3 Å². The van der Waals surface area contributed by atoms with Crippen molar-refractivity contribution in [1.82, 2.24) is 10.2 Å². The average Bonchev–Trinajstić information content (AvgIpc) is 2.95. The van der Waals surface area contributed by atoms with Gasteiger partial charge in [-0.2, -0.15) is 0 Å².